The van der Waals surface area contributed by atoms with E-state index in [-0.39, 0.29) is 29.2 Å². The maximum Gasteiger partial charge on any atom is 0.416 e. The van der Waals surface area contributed by atoms with Gasteiger partial charge in [0.1, 0.15) is 18.0 Å². The van der Waals surface area contributed by atoms with Crippen molar-refractivity contribution in [2.45, 2.75) is 88.8 Å². The molecule has 2 aromatic heterocycles. The first-order valence-corrected chi connectivity index (χ1v) is 15.9. The largest absolute Gasteiger partial charge is 0.480 e. The zero-order chi connectivity index (χ0) is 31.3. The van der Waals surface area contributed by atoms with E-state index in [9.17, 15) is 23.1 Å². The second kappa shape index (κ2) is 13.2. The number of nitrogens with zero attached hydrogens (tertiary/aromatic N) is 4. The van der Waals surface area contributed by atoms with Crippen molar-refractivity contribution >= 4 is 27.9 Å². The number of amides is 1. The van der Waals surface area contributed by atoms with E-state index in [4.69, 9.17) is 4.74 Å². The number of pyridine rings is 2. The first kappa shape index (κ1) is 32.1. The SMILES string of the molecule is CCCCC1(c2ccc(CN(Cc3cccc(N(CC(=O)O)C(=O)OC(C)(C)C)n3)S(=O)(=O)c3ccncc3)cc2)CC1. The molecule has 11 heteroatoms. The molecule has 0 saturated heterocycles. The molecule has 1 aliphatic carbocycles. The molecule has 1 N–H and O–H groups in total. The van der Waals surface area contributed by atoms with Crippen molar-refractivity contribution in [3.63, 3.8) is 0 Å². The predicted octanol–water partition coefficient (Wildman–Crippen LogP) is 5.92. The fraction of sp³-hybridized carbons (Fsp3) is 0.438. The third-order valence-electron chi connectivity index (χ3n) is 7.39. The Bertz CT molecular complexity index is 1520. The van der Waals surface area contributed by atoms with Gasteiger partial charge in [-0.3, -0.25) is 14.7 Å². The molecule has 1 fully saturated rings. The first-order valence-electron chi connectivity index (χ1n) is 14.5. The van der Waals surface area contributed by atoms with E-state index in [0.717, 1.165) is 23.3 Å². The molecule has 3 aromatic rings. The van der Waals surface area contributed by atoms with Crippen molar-refractivity contribution in [3.8, 4) is 0 Å². The Morgan fingerprint density at radius 2 is 1.67 bits per heavy atom. The van der Waals surface area contributed by atoms with E-state index < -0.39 is 34.2 Å². The van der Waals surface area contributed by atoms with Gasteiger partial charge in [-0.1, -0.05) is 50.1 Å². The van der Waals surface area contributed by atoms with E-state index in [0.29, 0.717) is 5.69 Å². The Kier molecular flexibility index (Phi) is 9.86. The smallest absolute Gasteiger partial charge is 0.416 e. The molecule has 1 amide bonds. The van der Waals surface area contributed by atoms with Crippen LogP contribution < -0.4 is 4.90 Å². The number of aromatic nitrogens is 2. The maximum atomic E-state index is 13.8. The number of ether oxygens (including phenoxy) is 1. The molecule has 10 nitrogen and oxygen atoms in total. The maximum absolute atomic E-state index is 13.8. The van der Waals surface area contributed by atoms with E-state index in [2.05, 4.69) is 29.0 Å². The van der Waals surface area contributed by atoms with Gasteiger partial charge in [-0.25, -0.2) is 18.2 Å². The molecule has 43 heavy (non-hydrogen) atoms. The summed E-state index contributed by atoms with van der Waals surface area (Å²) in [6.07, 6.45) is 7.84. The number of hydrogen-bond donors (Lipinski definition) is 1. The standard InChI is InChI=1S/C32H40N4O6S/c1-5-6-16-32(17-18-32)25-12-10-24(11-13-25)21-35(43(40,41)27-14-19-33-20-15-27)22-26-8-7-9-28(34-26)36(23-29(37)38)30(39)42-31(2,3)4/h7-15,19-20H,5-6,16-18,21-23H2,1-4H3,(H,37,38). The van der Waals surface area contributed by atoms with Crippen molar-refractivity contribution < 1.29 is 27.9 Å². The van der Waals surface area contributed by atoms with Crippen LogP contribution in [0.25, 0.3) is 0 Å². The Morgan fingerprint density at radius 1 is 1.00 bits per heavy atom. The zero-order valence-corrected chi connectivity index (χ0v) is 26.0. The molecule has 1 saturated carbocycles. The lowest BCUT2D eigenvalue weighted by Gasteiger charge is -2.26. The number of hydrogen-bond acceptors (Lipinski definition) is 7. The summed E-state index contributed by atoms with van der Waals surface area (Å²) in [6, 6.07) is 15.8. The van der Waals surface area contributed by atoms with Crippen LogP contribution in [0.5, 0.6) is 0 Å². The Balaban J connectivity index is 1.63. The minimum absolute atomic E-state index is 0.0431. The van der Waals surface area contributed by atoms with Crippen molar-refractivity contribution in [1.29, 1.82) is 0 Å². The number of carbonyl (C=O) groups excluding carboxylic acids is 1. The molecule has 1 aromatic carbocycles. The highest BCUT2D eigenvalue weighted by Gasteiger charge is 2.43. The molecule has 4 rings (SSSR count). The molecule has 1 aliphatic rings. The van der Waals surface area contributed by atoms with Gasteiger partial charge in [0.05, 0.1) is 17.1 Å². The van der Waals surface area contributed by atoms with Crippen LogP contribution in [0.4, 0.5) is 10.6 Å². The van der Waals surface area contributed by atoms with Gasteiger partial charge in [0.25, 0.3) is 0 Å². The van der Waals surface area contributed by atoms with Gasteiger partial charge < -0.3 is 9.84 Å². The van der Waals surface area contributed by atoms with Crippen molar-refractivity contribution in [3.05, 3.63) is 83.8 Å². The molecule has 0 unspecified atom stereocenters. The van der Waals surface area contributed by atoms with E-state index in [1.807, 2.05) is 12.1 Å². The lowest BCUT2D eigenvalue weighted by Crippen LogP contribution is -2.40. The van der Waals surface area contributed by atoms with Crippen LogP contribution in [0.3, 0.4) is 0 Å². The van der Waals surface area contributed by atoms with Crippen LogP contribution in [0, 0.1) is 0 Å². The van der Waals surface area contributed by atoms with E-state index in [1.165, 1.54) is 59.7 Å². The molecule has 2 heterocycles. The van der Waals surface area contributed by atoms with Crippen LogP contribution in [0.1, 0.15) is 76.6 Å². The van der Waals surface area contributed by atoms with Crippen LogP contribution in [0.15, 0.2) is 71.9 Å². The summed E-state index contributed by atoms with van der Waals surface area (Å²) in [5.74, 6) is -1.20. The molecule has 0 atom stereocenters. The number of carboxylic acids is 1. The van der Waals surface area contributed by atoms with Crippen LogP contribution in [-0.4, -0.2) is 52.0 Å². The number of carbonyl (C=O) groups is 2. The highest BCUT2D eigenvalue weighted by Crippen LogP contribution is 2.52. The highest BCUT2D eigenvalue weighted by molar-refractivity contribution is 7.89. The number of anilines is 1. The summed E-state index contributed by atoms with van der Waals surface area (Å²) in [4.78, 5) is 33.9. The molecule has 0 aliphatic heterocycles. The normalized spacial score (nSPS) is 14.3. The molecular formula is C32H40N4O6S. The Hall–Kier alpha value is -3.83. The van der Waals surface area contributed by atoms with Gasteiger partial charge >= 0.3 is 12.1 Å². The van der Waals surface area contributed by atoms with E-state index in [1.54, 1.807) is 32.9 Å². The summed E-state index contributed by atoms with van der Waals surface area (Å²) in [5, 5.41) is 9.45. The number of benzene rings is 1. The number of unbranched alkanes of at least 4 members (excludes halogenated alkanes) is 1. The topological polar surface area (TPSA) is 130 Å². The average molecular weight is 609 g/mol. The summed E-state index contributed by atoms with van der Waals surface area (Å²) >= 11 is 0. The van der Waals surface area contributed by atoms with Crippen LogP contribution in [-0.2, 0) is 38.1 Å². The fourth-order valence-corrected chi connectivity index (χ4v) is 6.36. The summed E-state index contributed by atoms with van der Waals surface area (Å²) in [5.41, 5.74) is 1.85. The van der Waals surface area contributed by atoms with Gasteiger partial charge in [0.2, 0.25) is 10.0 Å². The summed E-state index contributed by atoms with van der Waals surface area (Å²) in [7, 11) is -3.97. The van der Waals surface area contributed by atoms with Gasteiger partial charge in [-0.15, -0.1) is 0 Å². The number of sulfonamides is 1. The molecule has 0 spiro atoms. The lowest BCUT2D eigenvalue weighted by atomic mass is 9.90. The lowest BCUT2D eigenvalue weighted by molar-refractivity contribution is -0.135. The minimum Gasteiger partial charge on any atom is -0.480 e. The van der Waals surface area contributed by atoms with Gasteiger partial charge in [0.15, 0.2) is 0 Å². The van der Waals surface area contributed by atoms with Crippen molar-refractivity contribution in [2.24, 2.45) is 0 Å². The number of carboxylic acid groups (broad SMARTS) is 1. The second-order valence-electron chi connectivity index (χ2n) is 12.0. The highest BCUT2D eigenvalue weighted by atomic mass is 32.2. The summed E-state index contributed by atoms with van der Waals surface area (Å²) in [6.45, 7) is 6.53. The van der Waals surface area contributed by atoms with Crippen LogP contribution in [0.2, 0.25) is 0 Å². The third kappa shape index (κ3) is 8.39. The predicted molar refractivity (Wildman–Crippen MR) is 163 cm³/mol. The molecule has 230 valence electrons. The zero-order valence-electron chi connectivity index (χ0n) is 25.2. The quantitative estimate of drug-likeness (QED) is 0.253. The average Bonchev–Trinajstić information content (AvgIpc) is 3.75. The van der Waals surface area contributed by atoms with Crippen molar-refractivity contribution in [1.82, 2.24) is 14.3 Å². The van der Waals surface area contributed by atoms with E-state index >= 15 is 0 Å². The van der Waals surface area contributed by atoms with Crippen LogP contribution >= 0.6 is 0 Å². The second-order valence-corrected chi connectivity index (χ2v) is 13.9. The fourth-order valence-electron chi connectivity index (χ4n) is 4.98. The molecule has 0 bridgehead atoms. The van der Waals surface area contributed by atoms with Crippen molar-refractivity contribution in [2.75, 3.05) is 11.4 Å². The number of rotatable bonds is 13. The van der Waals surface area contributed by atoms with Gasteiger partial charge in [-0.05, 0) is 80.8 Å². The Morgan fingerprint density at radius 3 is 2.26 bits per heavy atom. The van der Waals surface area contributed by atoms with Gasteiger partial charge in [0, 0.05) is 18.9 Å². The minimum atomic E-state index is -3.97. The molecule has 0 radical (unpaired) electrons. The van der Waals surface area contributed by atoms with Gasteiger partial charge in [-0.2, -0.15) is 4.31 Å². The molecular weight excluding hydrogens is 568 g/mol. The third-order valence-corrected chi connectivity index (χ3v) is 9.20. The number of aliphatic carboxylic acids is 1. The monoisotopic (exact) mass is 608 g/mol. The first-order chi connectivity index (χ1) is 20.3. The Labute approximate surface area is 253 Å². The summed E-state index contributed by atoms with van der Waals surface area (Å²) < 4.78 is 34.4.